The van der Waals surface area contributed by atoms with Crippen LogP contribution < -0.4 is 10.1 Å². The van der Waals surface area contributed by atoms with Crippen LogP contribution >= 0.6 is 0 Å². The molecule has 1 aliphatic rings. The van der Waals surface area contributed by atoms with E-state index >= 15 is 0 Å². The van der Waals surface area contributed by atoms with Gasteiger partial charge in [-0.15, -0.1) is 0 Å². The maximum atomic E-state index is 13.6. The van der Waals surface area contributed by atoms with Crippen molar-refractivity contribution in [1.29, 1.82) is 0 Å². The highest BCUT2D eigenvalue weighted by molar-refractivity contribution is 5.82. The van der Waals surface area contributed by atoms with Crippen LogP contribution in [0.1, 0.15) is 26.2 Å². The molecule has 1 aromatic carbocycles. The summed E-state index contributed by atoms with van der Waals surface area (Å²) in [5.74, 6) is -2.05. The Morgan fingerprint density at radius 3 is 2.78 bits per heavy atom. The number of carboxylic acids is 1. The van der Waals surface area contributed by atoms with Crippen molar-refractivity contribution >= 4 is 11.9 Å². The van der Waals surface area contributed by atoms with Crippen LogP contribution in [0.15, 0.2) is 24.3 Å². The van der Waals surface area contributed by atoms with E-state index in [0.29, 0.717) is 19.4 Å². The summed E-state index contributed by atoms with van der Waals surface area (Å²) >= 11 is 0. The molecule has 0 radical (unpaired) electrons. The topological polar surface area (TPSA) is 84.9 Å². The number of carbonyl (C=O) groups is 2. The lowest BCUT2D eigenvalue weighted by Crippen LogP contribution is -2.54. The molecule has 126 valence electrons. The average molecular weight is 325 g/mol. The van der Waals surface area contributed by atoms with E-state index in [0.717, 1.165) is 0 Å². The fourth-order valence-corrected chi connectivity index (χ4v) is 2.54. The molecule has 2 rings (SSSR count). The summed E-state index contributed by atoms with van der Waals surface area (Å²) in [5, 5.41) is 11.8. The summed E-state index contributed by atoms with van der Waals surface area (Å²) < 4.78 is 24.3. The van der Waals surface area contributed by atoms with Crippen molar-refractivity contribution in [2.75, 3.05) is 13.2 Å². The Labute approximate surface area is 133 Å². The van der Waals surface area contributed by atoms with Crippen molar-refractivity contribution in [1.82, 2.24) is 5.32 Å². The molecule has 0 spiro atoms. The molecular formula is C16H20FNO5. The molecule has 1 amide bonds. The first-order valence-electron chi connectivity index (χ1n) is 7.48. The third kappa shape index (κ3) is 4.41. The lowest BCUT2D eigenvalue weighted by Gasteiger charge is -2.29. The molecule has 1 heterocycles. The van der Waals surface area contributed by atoms with E-state index in [-0.39, 0.29) is 18.8 Å². The second-order valence-electron chi connectivity index (χ2n) is 5.59. The number of amides is 1. The van der Waals surface area contributed by atoms with Gasteiger partial charge in [-0.3, -0.25) is 9.59 Å². The Morgan fingerprint density at radius 1 is 1.48 bits per heavy atom. The molecule has 2 N–H and O–H groups in total. The monoisotopic (exact) mass is 325 g/mol. The third-order valence-corrected chi connectivity index (χ3v) is 3.75. The normalized spacial score (nSPS) is 21.7. The van der Waals surface area contributed by atoms with E-state index in [1.165, 1.54) is 18.2 Å². The number of benzene rings is 1. The van der Waals surface area contributed by atoms with E-state index in [9.17, 15) is 14.0 Å². The number of hydrogen-bond donors (Lipinski definition) is 2. The molecule has 0 saturated carbocycles. The molecule has 0 aliphatic carbocycles. The van der Waals surface area contributed by atoms with Gasteiger partial charge in [0.25, 0.3) is 5.91 Å². The standard InChI is InChI=1S/C16H20FNO5/c1-2-12(23-13-6-4-3-5-11(13)17)15(21)18-16(9-14(19)20)7-8-22-10-16/h3-6,12H,2,7-10H2,1H3,(H,18,21)(H,19,20). The quantitative estimate of drug-likeness (QED) is 0.797. The average Bonchev–Trinajstić information content (AvgIpc) is 2.93. The second-order valence-corrected chi connectivity index (χ2v) is 5.59. The predicted molar refractivity (Wildman–Crippen MR) is 79.7 cm³/mol. The van der Waals surface area contributed by atoms with Gasteiger partial charge >= 0.3 is 5.97 Å². The molecule has 2 unspecified atom stereocenters. The number of halogens is 1. The number of hydrogen-bond acceptors (Lipinski definition) is 4. The van der Waals surface area contributed by atoms with Crippen LogP contribution in [0.3, 0.4) is 0 Å². The van der Waals surface area contributed by atoms with Gasteiger partial charge in [0.05, 0.1) is 18.6 Å². The van der Waals surface area contributed by atoms with Gasteiger partial charge in [-0.25, -0.2) is 4.39 Å². The van der Waals surface area contributed by atoms with Gasteiger partial charge in [0.1, 0.15) is 0 Å². The van der Waals surface area contributed by atoms with E-state index in [1.807, 2.05) is 0 Å². The van der Waals surface area contributed by atoms with Gasteiger partial charge in [-0.05, 0) is 25.0 Å². The molecule has 1 fully saturated rings. The summed E-state index contributed by atoms with van der Waals surface area (Å²) in [6, 6.07) is 5.83. The van der Waals surface area contributed by atoms with Crippen molar-refractivity contribution in [3.63, 3.8) is 0 Å². The van der Waals surface area contributed by atoms with Crippen LogP contribution in [0.4, 0.5) is 4.39 Å². The second kappa shape index (κ2) is 7.41. The summed E-state index contributed by atoms with van der Waals surface area (Å²) in [4.78, 5) is 23.5. The van der Waals surface area contributed by atoms with Crippen molar-refractivity contribution < 1.29 is 28.6 Å². The Morgan fingerprint density at radius 2 is 2.22 bits per heavy atom. The zero-order chi connectivity index (χ0) is 16.9. The molecule has 2 atom stereocenters. The highest BCUT2D eigenvalue weighted by Gasteiger charge is 2.40. The fourth-order valence-electron chi connectivity index (χ4n) is 2.54. The van der Waals surface area contributed by atoms with Gasteiger partial charge in [-0.2, -0.15) is 0 Å². The molecule has 6 nitrogen and oxygen atoms in total. The van der Waals surface area contributed by atoms with Crippen LogP contribution in [0, 0.1) is 5.82 Å². The van der Waals surface area contributed by atoms with Gasteiger partial charge in [0, 0.05) is 6.61 Å². The molecule has 0 aromatic heterocycles. The maximum absolute atomic E-state index is 13.6. The van der Waals surface area contributed by atoms with Crippen molar-refractivity contribution in [3.05, 3.63) is 30.1 Å². The highest BCUT2D eigenvalue weighted by Crippen LogP contribution is 2.24. The van der Waals surface area contributed by atoms with Crippen molar-refractivity contribution in [2.24, 2.45) is 0 Å². The van der Waals surface area contributed by atoms with Crippen LogP contribution in [-0.2, 0) is 14.3 Å². The number of para-hydroxylation sites is 1. The minimum Gasteiger partial charge on any atom is -0.481 e. The van der Waals surface area contributed by atoms with Crippen LogP contribution in [0.2, 0.25) is 0 Å². The smallest absolute Gasteiger partial charge is 0.305 e. The largest absolute Gasteiger partial charge is 0.481 e. The molecule has 7 heteroatoms. The van der Waals surface area contributed by atoms with Gasteiger partial charge in [-0.1, -0.05) is 19.1 Å². The Kier molecular flexibility index (Phi) is 5.54. The summed E-state index contributed by atoms with van der Waals surface area (Å²) in [6.07, 6.45) is -0.390. The van der Waals surface area contributed by atoms with Crippen LogP contribution in [0.5, 0.6) is 5.75 Å². The van der Waals surface area contributed by atoms with Gasteiger partial charge < -0.3 is 19.9 Å². The first kappa shape index (κ1) is 17.2. The fraction of sp³-hybridized carbons (Fsp3) is 0.500. The summed E-state index contributed by atoms with van der Waals surface area (Å²) in [5.41, 5.74) is -0.936. The molecule has 1 aromatic rings. The number of aliphatic carboxylic acids is 1. The van der Waals surface area contributed by atoms with E-state index in [4.69, 9.17) is 14.6 Å². The minimum atomic E-state index is -1.01. The lowest BCUT2D eigenvalue weighted by atomic mass is 9.94. The maximum Gasteiger partial charge on any atom is 0.305 e. The Balaban J connectivity index is 2.07. The first-order valence-corrected chi connectivity index (χ1v) is 7.48. The molecule has 0 bridgehead atoms. The highest BCUT2D eigenvalue weighted by atomic mass is 19.1. The molecular weight excluding hydrogens is 305 g/mol. The lowest BCUT2D eigenvalue weighted by molar-refractivity contribution is -0.139. The number of carbonyl (C=O) groups excluding carboxylic acids is 1. The van der Waals surface area contributed by atoms with E-state index in [1.54, 1.807) is 13.0 Å². The van der Waals surface area contributed by atoms with Crippen molar-refractivity contribution in [2.45, 2.75) is 37.8 Å². The summed E-state index contributed by atoms with van der Waals surface area (Å²) in [6.45, 7) is 2.26. The SMILES string of the molecule is CCC(Oc1ccccc1F)C(=O)NC1(CC(=O)O)CCOC1. The zero-order valence-electron chi connectivity index (χ0n) is 12.9. The zero-order valence-corrected chi connectivity index (χ0v) is 12.9. The van der Waals surface area contributed by atoms with E-state index in [2.05, 4.69) is 5.32 Å². The van der Waals surface area contributed by atoms with Crippen LogP contribution in [0.25, 0.3) is 0 Å². The van der Waals surface area contributed by atoms with Crippen molar-refractivity contribution in [3.8, 4) is 5.75 Å². The third-order valence-electron chi connectivity index (χ3n) is 3.75. The molecule has 1 aliphatic heterocycles. The summed E-state index contributed by atoms with van der Waals surface area (Å²) in [7, 11) is 0. The first-order chi connectivity index (χ1) is 11.0. The number of rotatable bonds is 7. The predicted octanol–water partition coefficient (Wildman–Crippen LogP) is 1.73. The number of carboxylic acid groups (broad SMARTS) is 1. The molecule has 1 saturated heterocycles. The number of ether oxygens (including phenoxy) is 2. The van der Waals surface area contributed by atoms with Gasteiger partial charge in [0.15, 0.2) is 17.7 Å². The van der Waals surface area contributed by atoms with E-state index < -0.39 is 29.3 Å². The van der Waals surface area contributed by atoms with Gasteiger partial charge in [0.2, 0.25) is 0 Å². The Bertz CT molecular complexity index is 571. The van der Waals surface area contributed by atoms with Crippen LogP contribution in [-0.4, -0.2) is 41.8 Å². The number of nitrogens with one attached hydrogen (secondary N) is 1. The Hall–Kier alpha value is -2.15. The molecule has 23 heavy (non-hydrogen) atoms. The minimum absolute atomic E-state index is 0.00976.